The van der Waals surface area contributed by atoms with Gasteiger partial charge in [-0.25, -0.2) is 4.98 Å². The first-order valence-electron chi connectivity index (χ1n) is 11.2. The van der Waals surface area contributed by atoms with E-state index in [0.717, 1.165) is 41.7 Å². The van der Waals surface area contributed by atoms with Crippen molar-refractivity contribution >= 4 is 22.7 Å². The van der Waals surface area contributed by atoms with Gasteiger partial charge in [-0.3, -0.25) is 4.90 Å². The fourth-order valence-corrected chi connectivity index (χ4v) is 7.39. The summed E-state index contributed by atoms with van der Waals surface area (Å²) in [5.74, 6) is 1.69. The first-order valence-corrected chi connectivity index (χ1v) is 12.9. The van der Waals surface area contributed by atoms with Crippen molar-refractivity contribution in [3.8, 4) is 10.8 Å². The summed E-state index contributed by atoms with van der Waals surface area (Å²) < 4.78 is 6.05. The number of nitrogens with zero attached hydrogens (tertiary/aromatic N) is 2. The lowest BCUT2D eigenvalue weighted by Gasteiger charge is -2.36. The van der Waals surface area contributed by atoms with Crippen LogP contribution in [-0.2, 0) is 25.8 Å². The van der Waals surface area contributed by atoms with E-state index in [0.29, 0.717) is 6.04 Å². The minimum absolute atomic E-state index is 0.307. The average molecular weight is 447 g/mol. The Morgan fingerprint density at radius 3 is 2.74 bits per heavy atom. The molecule has 3 aromatic heterocycles. The van der Waals surface area contributed by atoms with Gasteiger partial charge in [0.15, 0.2) is 0 Å². The van der Waals surface area contributed by atoms with Gasteiger partial charge in [-0.15, -0.1) is 22.7 Å². The number of oxazole rings is 1. The van der Waals surface area contributed by atoms with Gasteiger partial charge in [0.05, 0.1) is 16.6 Å². The molecule has 3 nitrogen and oxygen atoms in total. The molecule has 0 spiro atoms. The standard InChI is InChI=1S/C26H26N2OS2/c1-17-21(27-26(29-17)23-12-7-15-30-23)16-28-14-13-20-19-10-5-6-11-22(19)31-25(20)24(28)18-8-3-2-4-9-18/h2-4,7-9,12,15,24H,5-6,10-11,13-14,16H2,1H3/t24-/m1/s1. The predicted molar refractivity (Wildman–Crippen MR) is 128 cm³/mol. The molecule has 6 rings (SSSR count). The molecule has 0 radical (unpaired) electrons. The zero-order valence-corrected chi connectivity index (χ0v) is 19.4. The zero-order valence-electron chi connectivity index (χ0n) is 17.8. The smallest absolute Gasteiger partial charge is 0.236 e. The molecule has 0 saturated heterocycles. The van der Waals surface area contributed by atoms with Crippen molar-refractivity contribution in [3.05, 3.63) is 85.7 Å². The number of hydrogen-bond donors (Lipinski definition) is 0. The third kappa shape index (κ3) is 3.49. The van der Waals surface area contributed by atoms with Crippen molar-refractivity contribution < 1.29 is 4.42 Å². The molecule has 0 N–H and O–H groups in total. The molecule has 0 amide bonds. The SMILES string of the molecule is Cc1oc(-c2cccs2)nc1CN1CCc2c(sc3c2CCCC3)[C@H]1c1ccccc1. The highest BCUT2D eigenvalue weighted by Gasteiger charge is 2.34. The number of aryl methyl sites for hydroxylation is 2. The second-order valence-electron chi connectivity index (χ2n) is 8.59. The van der Waals surface area contributed by atoms with Gasteiger partial charge in [0.2, 0.25) is 5.89 Å². The number of fused-ring (bicyclic) bond motifs is 3. The molecule has 5 heteroatoms. The Kier molecular flexibility index (Phi) is 5.05. The van der Waals surface area contributed by atoms with Crippen molar-refractivity contribution in [2.75, 3.05) is 6.54 Å². The largest absolute Gasteiger partial charge is 0.440 e. The van der Waals surface area contributed by atoms with Crippen LogP contribution in [0.25, 0.3) is 10.8 Å². The maximum absolute atomic E-state index is 6.05. The van der Waals surface area contributed by atoms with Crippen LogP contribution in [0.15, 0.2) is 52.3 Å². The Morgan fingerprint density at radius 2 is 1.90 bits per heavy atom. The van der Waals surface area contributed by atoms with Crippen LogP contribution in [0.1, 0.15) is 56.8 Å². The van der Waals surface area contributed by atoms with Gasteiger partial charge < -0.3 is 4.42 Å². The molecule has 158 valence electrons. The average Bonchev–Trinajstić information content (AvgIpc) is 3.53. The van der Waals surface area contributed by atoms with E-state index < -0.39 is 0 Å². The maximum atomic E-state index is 6.05. The van der Waals surface area contributed by atoms with E-state index >= 15 is 0 Å². The van der Waals surface area contributed by atoms with Crippen molar-refractivity contribution in [1.82, 2.24) is 9.88 Å². The summed E-state index contributed by atoms with van der Waals surface area (Å²) in [4.78, 5) is 11.8. The number of hydrogen-bond acceptors (Lipinski definition) is 5. The molecule has 1 aliphatic carbocycles. The Balaban J connectivity index is 1.38. The van der Waals surface area contributed by atoms with E-state index in [4.69, 9.17) is 9.40 Å². The molecule has 0 bridgehead atoms. The topological polar surface area (TPSA) is 29.3 Å². The number of rotatable bonds is 4. The molecule has 4 heterocycles. The molecular weight excluding hydrogens is 420 g/mol. The Morgan fingerprint density at radius 1 is 1.03 bits per heavy atom. The lowest BCUT2D eigenvalue weighted by Crippen LogP contribution is -2.35. The summed E-state index contributed by atoms with van der Waals surface area (Å²) in [7, 11) is 0. The van der Waals surface area contributed by atoms with Crippen LogP contribution < -0.4 is 0 Å². The van der Waals surface area contributed by atoms with Crippen molar-refractivity contribution in [2.45, 2.75) is 51.6 Å². The zero-order chi connectivity index (χ0) is 20.8. The Bertz CT molecular complexity index is 1190. The van der Waals surface area contributed by atoms with Crippen LogP contribution in [0.4, 0.5) is 0 Å². The van der Waals surface area contributed by atoms with Gasteiger partial charge in [0, 0.05) is 22.8 Å². The van der Waals surface area contributed by atoms with Crippen molar-refractivity contribution in [1.29, 1.82) is 0 Å². The second-order valence-corrected chi connectivity index (χ2v) is 10.7. The van der Waals surface area contributed by atoms with Crippen LogP contribution in [0.3, 0.4) is 0 Å². The van der Waals surface area contributed by atoms with Crippen molar-refractivity contribution in [2.24, 2.45) is 0 Å². The minimum atomic E-state index is 0.307. The fourth-order valence-electron chi connectivity index (χ4n) is 5.14. The number of benzene rings is 1. The monoisotopic (exact) mass is 446 g/mol. The van der Waals surface area contributed by atoms with E-state index in [1.165, 1.54) is 31.2 Å². The predicted octanol–water partition coefficient (Wildman–Crippen LogP) is 6.80. The Hall–Kier alpha value is -2.21. The highest BCUT2D eigenvalue weighted by atomic mass is 32.1. The highest BCUT2D eigenvalue weighted by molar-refractivity contribution is 7.13. The summed E-state index contributed by atoms with van der Waals surface area (Å²) in [5.41, 5.74) is 5.79. The second kappa shape index (κ2) is 8.05. The Labute approximate surface area is 191 Å². The van der Waals surface area contributed by atoms with E-state index in [-0.39, 0.29) is 0 Å². The maximum Gasteiger partial charge on any atom is 0.236 e. The van der Waals surface area contributed by atoms with E-state index in [1.807, 2.05) is 0 Å². The summed E-state index contributed by atoms with van der Waals surface area (Å²) >= 11 is 3.76. The van der Waals surface area contributed by atoms with Crippen LogP contribution in [0.2, 0.25) is 0 Å². The van der Waals surface area contributed by atoms with Crippen LogP contribution in [0, 0.1) is 6.92 Å². The highest BCUT2D eigenvalue weighted by Crippen LogP contribution is 2.45. The summed E-state index contributed by atoms with van der Waals surface area (Å²) in [6, 6.07) is 15.5. The molecule has 1 aromatic carbocycles. The van der Waals surface area contributed by atoms with E-state index in [2.05, 4.69) is 71.0 Å². The molecule has 0 fully saturated rings. The van der Waals surface area contributed by atoms with E-state index in [9.17, 15) is 0 Å². The minimum Gasteiger partial charge on any atom is -0.440 e. The number of aromatic nitrogens is 1. The summed E-state index contributed by atoms with van der Waals surface area (Å²) in [5, 5.41) is 2.07. The third-order valence-corrected chi connectivity index (χ3v) is 8.91. The lowest BCUT2D eigenvalue weighted by molar-refractivity contribution is 0.204. The molecule has 2 aliphatic rings. The van der Waals surface area contributed by atoms with Crippen molar-refractivity contribution in [3.63, 3.8) is 0 Å². The molecular formula is C26H26N2OS2. The quantitative estimate of drug-likeness (QED) is 0.345. The van der Waals surface area contributed by atoms with Gasteiger partial charge in [0.1, 0.15) is 5.76 Å². The van der Waals surface area contributed by atoms with Gasteiger partial charge >= 0.3 is 0 Å². The molecule has 31 heavy (non-hydrogen) atoms. The fraction of sp³-hybridized carbons (Fsp3) is 0.346. The lowest BCUT2D eigenvalue weighted by atomic mass is 9.88. The van der Waals surface area contributed by atoms with E-state index in [1.54, 1.807) is 32.2 Å². The normalized spacial score (nSPS) is 18.7. The first-order chi connectivity index (χ1) is 15.3. The summed E-state index contributed by atoms with van der Waals surface area (Å²) in [6.07, 6.45) is 6.38. The van der Waals surface area contributed by atoms with Gasteiger partial charge in [0.25, 0.3) is 0 Å². The first kappa shape index (κ1) is 19.5. The van der Waals surface area contributed by atoms with Gasteiger partial charge in [-0.1, -0.05) is 36.4 Å². The third-order valence-electron chi connectivity index (χ3n) is 6.67. The molecule has 0 saturated carbocycles. The van der Waals surface area contributed by atoms with Gasteiger partial charge in [-0.2, -0.15) is 0 Å². The van der Waals surface area contributed by atoms with Crippen LogP contribution in [0.5, 0.6) is 0 Å². The van der Waals surface area contributed by atoms with Crippen LogP contribution in [-0.4, -0.2) is 16.4 Å². The number of thiophene rings is 2. The molecule has 1 atom stereocenters. The molecule has 0 unspecified atom stereocenters. The van der Waals surface area contributed by atoms with Crippen LogP contribution >= 0.6 is 22.7 Å². The summed E-state index contributed by atoms with van der Waals surface area (Å²) in [6.45, 7) is 3.94. The molecule has 1 aliphatic heterocycles. The molecule has 4 aromatic rings. The van der Waals surface area contributed by atoms with Gasteiger partial charge in [-0.05, 0) is 67.2 Å².